The lowest BCUT2D eigenvalue weighted by atomic mass is 10.0. The van der Waals surface area contributed by atoms with Crippen molar-refractivity contribution >= 4 is 11.9 Å². The van der Waals surface area contributed by atoms with Crippen molar-refractivity contribution in [3.63, 3.8) is 0 Å². The lowest BCUT2D eigenvalue weighted by Gasteiger charge is -2.07. The quantitative estimate of drug-likeness (QED) is 0.485. The van der Waals surface area contributed by atoms with Gasteiger partial charge in [0.2, 0.25) is 0 Å². The summed E-state index contributed by atoms with van der Waals surface area (Å²) < 4.78 is 0. The van der Waals surface area contributed by atoms with Crippen LogP contribution in [0.1, 0.15) is 76.8 Å². The number of aliphatic carboxylic acids is 2. The van der Waals surface area contributed by atoms with E-state index in [-0.39, 0.29) is 11.5 Å². The molecule has 150 valence electrons. The van der Waals surface area contributed by atoms with Crippen LogP contribution in [0.15, 0.2) is 12.1 Å². The van der Waals surface area contributed by atoms with E-state index in [1.54, 1.807) is 19.1 Å². The molecule has 0 aromatic heterocycles. The first-order valence-electron chi connectivity index (χ1n) is 9.02. The second kappa shape index (κ2) is 16.2. The molecule has 0 radical (unpaired) electrons. The third-order valence-corrected chi connectivity index (χ3v) is 3.48. The van der Waals surface area contributed by atoms with Crippen LogP contribution in [0.2, 0.25) is 0 Å². The van der Waals surface area contributed by atoms with Gasteiger partial charge < -0.3 is 20.4 Å². The number of rotatable bonds is 8. The highest BCUT2D eigenvalue weighted by Gasteiger charge is 2.04. The van der Waals surface area contributed by atoms with E-state index < -0.39 is 11.9 Å². The van der Waals surface area contributed by atoms with Crippen LogP contribution < -0.4 is 0 Å². The van der Waals surface area contributed by atoms with Crippen LogP contribution in [0.4, 0.5) is 0 Å². The predicted molar refractivity (Wildman–Crippen MR) is 103 cm³/mol. The van der Waals surface area contributed by atoms with Crippen LogP contribution in [0.25, 0.3) is 0 Å². The third kappa shape index (κ3) is 18.1. The first kappa shape index (κ1) is 26.0. The number of hydrogen-bond donors (Lipinski definition) is 4. The molecule has 4 N–H and O–H groups in total. The maximum absolute atomic E-state index is 9.62. The number of aromatic hydroxyl groups is 2. The van der Waals surface area contributed by atoms with Crippen LogP contribution in [0.3, 0.4) is 0 Å². The van der Waals surface area contributed by atoms with Gasteiger partial charge in [-0.2, -0.15) is 0 Å². The third-order valence-electron chi connectivity index (χ3n) is 3.48. The number of benzene rings is 1. The van der Waals surface area contributed by atoms with Crippen molar-refractivity contribution in [1.82, 2.24) is 0 Å². The number of hydrogen-bond acceptors (Lipinski definition) is 4. The van der Waals surface area contributed by atoms with Crippen LogP contribution in [0.5, 0.6) is 11.5 Å². The summed E-state index contributed by atoms with van der Waals surface area (Å²) in [4.78, 5) is 18.0. The Morgan fingerprint density at radius 1 is 0.808 bits per heavy atom. The van der Waals surface area contributed by atoms with Gasteiger partial charge in [0.1, 0.15) is 11.5 Å². The summed E-state index contributed by atoms with van der Waals surface area (Å²) in [5.74, 6) is -1.26. The van der Waals surface area contributed by atoms with Gasteiger partial charge in [-0.15, -0.1) is 0 Å². The molecule has 1 aromatic carbocycles. The molecule has 0 saturated carbocycles. The molecule has 0 unspecified atom stereocenters. The SMILES string of the molecule is CC(=O)O.CC(=O)O.CCCCCCCCCc1cc(O)c(C)c(O)c1. The number of carboxylic acid groups (broad SMARTS) is 2. The molecular weight excluding hydrogens is 336 g/mol. The zero-order valence-electron chi connectivity index (χ0n) is 16.4. The second-order valence-corrected chi connectivity index (χ2v) is 6.17. The maximum Gasteiger partial charge on any atom is 0.300 e. The number of phenols is 2. The molecule has 0 spiro atoms. The predicted octanol–water partition coefficient (Wildman–Crippen LogP) is 4.88. The van der Waals surface area contributed by atoms with Crippen molar-refractivity contribution < 1.29 is 30.0 Å². The Labute approximate surface area is 156 Å². The van der Waals surface area contributed by atoms with Crippen molar-refractivity contribution in [2.75, 3.05) is 0 Å². The van der Waals surface area contributed by atoms with E-state index in [1.165, 1.54) is 38.5 Å². The number of carbonyl (C=O) groups is 2. The Kier molecular flexibility index (Phi) is 16.2. The number of phenolic OH excluding ortho intramolecular Hbond substituents is 2. The van der Waals surface area contributed by atoms with Gasteiger partial charge in [0.25, 0.3) is 11.9 Å². The standard InChI is InChI=1S/C16H26O2.2C2H4O2/c1-3-4-5-6-7-8-9-10-14-11-15(17)13(2)16(18)12-14;2*1-2(3)4/h11-12,17-18H,3-10H2,1-2H3;2*1H3,(H,3,4). The van der Waals surface area contributed by atoms with Crippen LogP contribution in [-0.2, 0) is 16.0 Å². The Bertz CT molecular complexity index is 482. The summed E-state index contributed by atoms with van der Waals surface area (Å²) in [6.45, 7) is 6.12. The minimum absolute atomic E-state index is 0.202. The minimum Gasteiger partial charge on any atom is -0.508 e. The molecule has 0 atom stereocenters. The van der Waals surface area contributed by atoms with Crippen LogP contribution in [0, 0.1) is 6.92 Å². The molecule has 1 rings (SSSR count). The van der Waals surface area contributed by atoms with Gasteiger partial charge in [-0.1, -0.05) is 45.4 Å². The highest BCUT2D eigenvalue weighted by Crippen LogP contribution is 2.28. The number of unbranched alkanes of at least 4 members (excludes halogenated alkanes) is 6. The van der Waals surface area contributed by atoms with Gasteiger partial charge in [-0.3, -0.25) is 9.59 Å². The van der Waals surface area contributed by atoms with Gasteiger partial charge >= 0.3 is 0 Å². The summed E-state index contributed by atoms with van der Waals surface area (Å²) in [6, 6.07) is 3.54. The average Bonchev–Trinajstić information content (AvgIpc) is 2.50. The molecule has 0 aliphatic heterocycles. The van der Waals surface area contributed by atoms with Crippen molar-refractivity contribution in [3.05, 3.63) is 23.3 Å². The lowest BCUT2D eigenvalue weighted by Crippen LogP contribution is -1.88. The van der Waals surface area contributed by atoms with Gasteiger partial charge in [-0.25, -0.2) is 0 Å². The minimum atomic E-state index is -0.833. The smallest absolute Gasteiger partial charge is 0.300 e. The van der Waals surface area contributed by atoms with Gasteiger partial charge in [-0.05, 0) is 37.5 Å². The molecule has 0 aliphatic carbocycles. The fourth-order valence-corrected chi connectivity index (χ4v) is 2.17. The topological polar surface area (TPSA) is 115 Å². The van der Waals surface area contributed by atoms with E-state index in [4.69, 9.17) is 19.8 Å². The Balaban J connectivity index is 0. The number of carboxylic acids is 2. The van der Waals surface area contributed by atoms with Crippen molar-refractivity contribution in [1.29, 1.82) is 0 Å². The lowest BCUT2D eigenvalue weighted by molar-refractivity contribution is -0.135. The highest BCUT2D eigenvalue weighted by molar-refractivity contribution is 5.63. The van der Waals surface area contributed by atoms with E-state index in [9.17, 15) is 10.2 Å². The average molecular weight is 370 g/mol. The van der Waals surface area contributed by atoms with Gasteiger partial charge in [0.15, 0.2) is 0 Å². The Morgan fingerprint density at radius 3 is 1.54 bits per heavy atom. The second-order valence-electron chi connectivity index (χ2n) is 6.17. The van der Waals surface area contributed by atoms with E-state index in [0.717, 1.165) is 32.3 Å². The highest BCUT2D eigenvalue weighted by atomic mass is 16.4. The zero-order chi connectivity index (χ0) is 20.5. The summed E-state index contributed by atoms with van der Waals surface area (Å²) in [6.07, 6.45) is 9.93. The monoisotopic (exact) mass is 370 g/mol. The summed E-state index contributed by atoms with van der Waals surface area (Å²) in [5, 5.41) is 34.1. The molecule has 0 amide bonds. The van der Waals surface area contributed by atoms with Gasteiger partial charge in [0, 0.05) is 19.4 Å². The molecular formula is C20H34O6. The summed E-state index contributed by atoms with van der Waals surface area (Å²) in [7, 11) is 0. The van der Waals surface area contributed by atoms with Crippen molar-refractivity contribution in [2.24, 2.45) is 0 Å². The normalized spacial score (nSPS) is 9.38. The molecule has 0 fully saturated rings. The van der Waals surface area contributed by atoms with Crippen LogP contribution >= 0.6 is 0 Å². The first-order chi connectivity index (χ1) is 12.1. The molecule has 26 heavy (non-hydrogen) atoms. The largest absolute Gasteiger partial charge is 0.508 e. The molecule has 6 nitrogen and oxygen atoms in total. The Hall–Kier alpha value is -2.24. The first-order valence-corrected chi connectivity index (χ1v) is 9.02. The van der Waals surface area contributed by atoms with E-state index in [2.05, 4.69) is 6.92 Å². The fraction of sp³-hybridized carbons (Fsp3) is 0.600. The fourth-order valence-electron chi connectivity index (χ4n) is 2.17. The van der Waals surface area contributed by atoms with E-state index in [1.807, 2.05) is 0 Å². The number of aryl methyl sites for hydroxylation is 1. The summed E-state index contributed by atoms with van der Waals surface area (Å²) >= 11 is 0. The molecule has 0 aliphatic rings. The summed E-state index contributed by atoms with van der Waals surface area (Å²) in [5.41, 5.74) is 1.60. The molecule has 6 heteroatoms. The molecule has 0 bridgehead atoms. The Morgan fingerprint density at radius 2 is 1.15 bits per heavy atom. The molecule has 1 aromatic rings. The van der Waals surface area contributed by atoms with Gasteiger partial charge in [0.05, 0.1) is 0 Å². The van der Waals surface area contributed by atoms with E-state index in [0.29, 0.717) is 5.56 Å². The zero-order valence-corrected chi connectivity index (χ0v) is 16.4. The van der Waals surface area contributed by atoms with Crippen molar-refractivity contribution in [3.8, 4) is 11.5 Å². The van der Waals surface area contributed by atoms with E-state index >= 15 is 0 Å². The van der Waals surface area contributed by atoms with Crippen molar-refractivity contribution in [2.45, 2.75) is 79.1 Å². The van der Waals surface area contributed by atoms with Crippen LogP contribution in [-0.4, -0.2) is 32.4 Å². The molecule has 0 heterocycles. The maximum atomic E-state index is 9.62. The molecule has 0 saturated heterocycles.